The van der Waals surface area contributed by atoms with Gasteiger partial charge in [0.1, 0.15) is 4.90 Å². The first kappa shape index (κ1) is 15.0. The van der Waals surface area contributed by atoms with Crippen LogP contribution in [-0.4, -0.2) is 27.0 Å². The summed E-state index contributed by atoms with van der Waals surface area (Å²) in [6.07, 6.45) is 0.611. The Morgan fingerprint density at radius 1 is 1.32 bits per heavy atom. The van der Waals surface area contributed by atoms with Crippen molar-refractivity contribution in [1.29, 1.82) is 0 Å². The first-order valence-electron chi connectivity index (χ1n) is 5.47. The molecule has 0 bridgehead atoms. The van der Waals surface area contributed by atoms with Crippen molar-refractivity contribution >= 4 is 22.0 Å². The number of amides is 2. The Bertz CT molecular complexity index is 583. The van der Waals surface area contributed by atoms with Gasteiger partial charge in [-0.1, -0.05) is 19.1 Å². The van der Waals surface area contributed by atoms with E-state index in [4.69, 9.17) is 10.5 Å². The average molecular weight is 286 g/mol. The van der Waals surface area contributed by atoms with Crippen molar-refractivity contribution in [3.05, 3.63) is 29.8 Å². The average Bonchev–Trinajstić information content (AvgIpc) is 2.34. The van der Waals surface area contributed by atoms with Gasteiger partial charge in [-0.05, 0) is 18.6 Å². The van der Waals surface area contributed by atoms with Crippen molar-refractivity contribution in [3.8, 4) is 0 Å². The van der Waals surface area contributed by atoms with E-state index < -0.39 is 22.0 Å². The molecule has 0 saturated carbocycles. The Kier molecular flexibility index (Phi) is 4.87. The summed E-state index contributed by atoms with van der Waals surface area (Å²) in [6.45, 7) is 1.99. The van der Waals surface area contributed by atoms with E-state index >= 15 is 0 Å². The molecule has 0 saturated heterocycles. The maximum atomic E-state index is 11.8. The first-order chi connectivity index (χ1) is 8.88. The number of esters is 1. The normalized spacial score (nSPS) is 10.8. The molecule has 104 valence electrons. The number of benzene rings is 1. The van der Waals surface area contributed by atoms with E-state index in [1.807, 2.05) is 6.92 Å². The van der Waals surface area contributed by atoms with Gasteiger partial charge < -0.3 is 10.5 Å². The summed E-state index contributed by atoms with van der Waals surface area (Å²) in [7, 11) is -4.19. The number of ether oxygens (including phenoxy) is 1. The molecule has 1 rings (SSSR count). The smallest absolute Gasteiger partial charge is 0.339 e. The molecule has 0 fully saturated rings. The zero-order chi connectivity index (χ0) is 14.5. The number of hydrogen-bond donors (Lipinski definition) is 2. The predicted octanol–water partition coefficient (Wildman–Crippen LogP) is 0.610. The zero-order valence-corrected chi connectivity index (χ0v) is 11.1. The maximum absolute atomic E-state index is 11.8. The van der Waals surface area contributed by atoms with Crippen LogP contribution in [0.2, 0.25) is 0 Å². The van der Waals surface area contributed by atoms with Crippen LogP contribution in [0.25, 0.3) is 0 Å². The molecular formula is C11H14N2O5S. The first-order valence-corrected chi connectivity index (χ1v) is 6.95. The number of hydrogen-bond acceptors (Lipinski definition) is 5. The van der Waals surface area contributed by atoms with Gasteiger partial charge in [0.15, 0.2) is 0 Å². The summed E-state index contributed by atoms with van der Waals surface area (Å²) in [4.78, 5) is 22.0. The number of rotatable bonds is 5. The van der Waals surface area contributed by atoms with Gasteiger partial charge in [0.2, 0.25) is 0 Å². The lowest BCUT2D eigenvalue weighted by Crippen LogP contribution is -2.35. The predicted molar refractivity (Wildman–Crippen MR) is 66.9 cm³/mol. The molecule has 0 aliphatic heterocycles. The fourth-order valence-electron chi connectivity index (χ4n) is 1.33. The van der Waals surface area contributed by atoms with Gasteiger partial charge in [0.05, 0.1) is 12.2 Å². The lowest BCUT2D eigenvalue weighted by atomic mass is 10.2. The lowest BCUT2D eigenvalue weighted by molar-refractivity contribution is 0.0500. The number of primary amides is 1. The van der Waals surface area contributed by atoms with Crippen LogP contribution < -0.4 is 10.5 Å². The molecule has 3 N–H and O–H groups in total. The minimum atomic E-state index is -4.19. The van der Waals surface area contributed by atoms with Crippen molar-refractivity contribution in [3.63, 3.8) is 0 Å². The van der Waals surface area contributed by atoms with Gasteiger partial charge in [-0.3, -0.25) is 0 Å². The van der Waals surface area contributed by atoms with Crippen molar-refractivity contribution in [2.45, 2.75) is 18.2 Å². The molecule has 2 amide bonds. The summed E-state index contributed by atoms with van der Waals surface area (Å²) < 4.78 is 30.1. The van der Waals surface area contributed by atoms with Crippen LogP contribution in [0.5, 0.6) is 0 Å². The monoisotopic (exact) mass is 286 g/mol. The molecule has 0 radical (unpaired) electrons. The minimum absolute atomic E-state index is 0.148. The number of sulfonamides is 1. The summed E-state index contributed by atoms with van der Waals surface area (Å²) in [5.74, 6) is -0.771. The van der Waals surface area contributed by atoms with Crippen LogP contribution in [0.15, 0.2) is 29.2 Å². The van der Waals surface area contributed by atoms with Gasteiger partial charge in [0.25, 0.3) is 10.0 Å². The number of nitrogens with one attached hydrogen (secondary N) is 1. The van der Waals surface area contributed by atoms with Gasteiger partial charge >= 0.3 is 12.0 Å². The quantitative estimate of drug-likeness (QED) is 0.769. The largest absolute Gasteiger partial charge is 0.462 e. The second kappa shape index (κ2) is 6.19. The molecule has 8 heteroatoms. The molecule has 0 atom stereocenters. The van der Waals surface area contributed by atoms with E-state index in [9.17, 15) is 18.0 Å². The second-order valence-electron chi connectivity index (χ2n) is 3.60. The van der Waals surface area contributed by atoms with Gasteiger partial charge in [-0.25, -0.2) is 22.7 Å². The maximum Gasteiger partial charge on any atom is 0.339 e. The van der Waals surface area contributed by atoms with Crippen molar-refractivity contribution < 1.29 is 22.7 Å². The van der Waals surface area contributed by atoms with Crippen LogP contribution in [0.1, 0.15) is 23.7 Å². The Morgan fingerprint density at radius 2 is 1.95 bits per heavy atom. The number of urea groups is 1. The van der Waals surface area contributed by atoms with Gasteiger partial charge in [-0.2, -0.15) is 0 Å². The van der Waals surface area contributed by atoms with Crippen LogP contribution >= 0.6 is 0 Å². The van der Waals surface area contributed by atoms with E-state index in [2.05, 4.69) is 0 Å². The van der Waals surface area contributed by atoms with E-state index in [1.165, 1.54) is 24.3 Å². The van der Waals surface area contributed by atoms with E-state index in [0.717, 1.165) is 0 Å². The fraction of sp³-hybridized carbons (Fsp3) is 0.273. The van der Waals surface area contributed by atoms with Gasteiger partial charge in [0, 0.05) is 0 Å². The molecule has 0 aliphatic rings. The molecule has 19 heavy (non-hydrogen) atoms. The third kappa shape index (κ3) is 3.95. The highest BCUT2D eigenvalue weighted by Gasteiger charge is 2.23. The highest BCUT2D eigenvalue weighted by molar-refractivity contribution is 7.90. The highest BCUT2D eigenvalue weighted by atomic mass is 32.2. The third-order valence-corrected chi connectivity index (χ3v) is 3.47. The Hall–Kier alpha value is -2.09. The number of nitrogens with two attached hydrogens (primary N) is 1. The van der Waals surface area contributed by atoms with Crippen molar-refractivity contribution in [2.75, 3.05) is 6.61 Å². The molecule has 7 nitrogen and oxygen atoms in total. The zero-order valence-electron chi connectivity index (χ0n) is 10.3. The molecule has 0 unspecified atom stereocenters. The Morgan fingerprint density at radius 3 is 2.53 bits per heavy atom. The molecular weight excluding hydrogens is 272 g/mol. The third-order valence-electron chi connectivity index (χ3n) is 2.07. The SMILES string of the molecule is CCCOC(=O)c1ccccc1S(=O)(=O)NC(N)=O. The number of carbonyl (C=O) groups excluding carboxylic acids is 2. The topological polar surface area (TPSA) is 116 Å². The second-order valence-corrected chi connectivity index (χ2v) is 5.25. The Labute approximate surface area is 110 Å². The molecule has 1 aromatic carbocycles. The molecule has 0 aromatic heterocycles. The van der Waals surface area contributed by atoms with E-state index in [-0.39, 0.29) is 17.1 Å². The highest BCUT2D eigenvalue weighted by Crippen LogP contribution is 2.16. The van der Waals surface area contributed by atoms with E-state index in [0.29, 0.717) is 6.42 Å². The lowest BCUT2D eigenvalue weighted by Gasteiger charge is -2.09. The number of carbonyl (C=O) groups is 2. The summed E-state index contributed by atoms with van der Waals surface area (Å²) in [5.41, 5.74) is 4.63. The summed E-state index contributed by atoms with van der Waals surface area (Å²) in [5, 5.41) is 0. The van der Waals surface area contributed by atoms with Crippen molar-refractivity contribution in [1.82, 2.24) is 4.72 Å². The molecule has 1 aromatic rings. The van der Waals surface area contributed by atoms with Crippen LogP contribution in [-0.2, 0) is 14.8 Å². The van der Waals surface area contributed by atoms with Crippen molar-refractivity contribution in [2.24, 2.45) is 5.73 Å². The molecule has 0 spiro atoms. The van der Waals surface area contributed by atoms with Crippen LogP contribution in [0, 0.1) is 0 Å². The standard InChI is InChI=1S/C11H14N2O5S/c1-2-7-18-10(14)8-5-3-4-6-9(8)19(16,17)13-11(12)15/h3-6H,2,7H2,1H3,(H3,12,13,15). The van der Waals surface area contributed by atoms with E-state index in [1.54, 1.807) is 4.72 Å². The van der Waals surface area contributed by atoms with Crippen LogP contribution in [0.3, 0.4) is 0 Å². The molecule has 0 aliphatic carbocycles. The fourth-order valence-corrected chi connectivity index (χ4v) is 2.40. The van der Waals surface area contributed by atoms with Gasteiger partial charge in [-0.15, -0.1) is 0 Å². The van der Waals surface area contributed by atoms with Crippen LogP contribution in [0.4, 0.5) is 4.79 Å². The molecule has 0 heterocycles. The Balaban J connectivity index is 3.15. The summed E-state index contributed by atoms with van der Waals surface area (Å²) in [6, 6.07) is 4.18. The minimum Gasteiger partial charge on any atom is -0.462 e. The summed E-state index contributed by atoms with van der Waals surface area (Å²) >= 11 is 0.